The van der Waals surface area contributed by atoms with Gasteiger partial charge >= 0.3 is 0 Å². The molecule has 3 nitrogen and oxygen atoms in total. The number of carbonyl (C=O) groups excluding carboxylic acids is 1. The Kier molecular flexibility index (Phi) is 6.29. The van der Waals surface area contributed by atoms with E-state index in [4.69, 9.17) is 23.8 Å². The van der Waals surface area contributed by atoms with Crippen LogP contribution in [0.3, 0.4) is 0 Å². The quantitative estimate of drug-likeness (QED) is 0.229. The Labute approximate surface area is 196 Å². The molecule has 1 N–H and O–H groups in total. The minimum absolute atomic E-state index is 0.0203. The highest BCUT2D eigenvalue weighted by atomic mass is 79.9. The van der Waals surface area contributed by atoms with Gasteiger partial charge in [0.15, 0.2) is 11.5 Å². The Morgan fingerprint density at radius 3 is 2.47 bits per heavy atom. The van der Waals surface area contributed by atoms with E-state index in [0.29, 0.717) is 26.0 Å². The van der Waals surface area contributed by atoms with Gasteiger partial charge < -0.3 is 9.51 Å². The van der Waals surface area contributed by atoms with Crippen molar-refractivity contribution in [2.24, 2.45) is 0 Å². The fraction of sp³-hybridized carbons (Fsp3) is 0.0435. The van der Waals surface area contributed by atoms with Gasteiger partial charge in [0, 0.05) is 26.8 Å². The molecule has 30 heavy (non-hydrogen) atoms. The number of ketones is 1. The zero-order valence-electron chi connectivity index (χ0n) is 15.5. The molecule has 7 heteroatoms. The minimum Gasteiger partial charge on any atom is -0.505 e. The second-order valence-corrected chi connectivity index (χ2v) is 9.55. The maximum atomic E-state index is 12.5. The van der Waals surface area contributed by atoms with Gasteiger partial charge in [0.2, 0.25) is 0 Å². The van der Waals surface area contributed by atoms with Crippen LogP contribution in [0.2, 0.25) is 5.02 Å². The molecule has 0 radical (unpaired) electrons. The number of thiocarbonyl (C=S) groups is 1. The number of Topliss-reactive ketones (excluding diaryl/α,β-unsaturated/α-hetero) is 1. The van der Waals surface area contributed by atoms with Crippen LogP contribution in [0, 0.1) is 0 Å². The van der Waals surface area contributed by atoms with E-state index in [0.717, 1.165) is 15.6 Å². The van der Waals surface area contributed by atoms with Crippen LogP contribution < -0.4 is 0 Å². The molecule has 2 aromatic heterocycles. The van der Waals surface area contributed by atoms with Gasteiger partial charge in [-0.15, -0.1) is 11.8 Å². The number of halogens is 2. The third-order valence-corrected chi connectivity index (χ3v) is 6.83. The van der Waals surface area contributed by atoms with Crippen molar-refractivity contribution in [1.82, 2.24) is 4.40 Å². The highest BCUT2D eigenvalue weighted by molar-refractivity contribution is 9.10. The largest absolute Gasteiger partial charge is 0.505 e. The first-order valence-electron chi connectivity index (χ1n) is 8.99. The number of benzene rings is 2. The number of carbonyl (C=O) groups is 1. The average Bonchev–Trinajstić information content (AvgIpc) is 3.05. The van der Waals surface area contributed by atoms with Crippen LogP contribution in [0.4, 0.5) is 0 Å². The highest BCUT2D eigenvalue weighted by Crippen LogP contribution is 2.40. The van der Waals surface area contributed by atoms with Crippen LogP contribution in [0.25, 0.3) is 16.6 Å². The molecule has 0 fully saturated rings. The Balaban J connectivity index is 1.66. The van der Waals surface area contributed by atoms with Crippen molar-refractivity contribution in [3.05, 3.63) is 93.7 Å². The molecular weight excluding hydrogens is 502 g/mol. The minimum atomic E-state index is -0.0203. The zero-order chi connectivity index (χ0) is 21.3. The van der Waals surface area contributed by atoms with Crippen molar-refractivity contribution in [2.45, 2.75) is 0 Å². The second-order valence-electron chi connectivity index (χ2n) is 6.54. The third kappa shape index (κ3) is 4.18. The van der Waals surface area contributed by atoms with E-state index in [1.165, 1.54) is 11.8 Å². The van der Waals surface area contributed by atoms with Crippen LogP contribution >= 0.6 is 51.5 Å². The van der Waals surface area contributed by atoms with Gasteiger partial charge in [0.1, 0.15) is 5.69 Å². The van der Waals surface area contributed by atoms with Crippen molar-refractivity contribution in [2.75, 3.05) is 5.75 Å². The summed E-state index contributed by atoms with van der Waals surface area (Å²) < 4.78 is 3.24. The predicted octanol–water partition coefficient (Wildman–Crippen LogP) is 7.02. The summed E-state index contributed by atoms with van der Waals surface area (Å²) in [4.78, 5) is 12.5. The van der Waals surface area contributed by atoms with Gasteiger partial charge in [-0.05, 0) is 42.0 Å². The van der Waals surface area contributed by atoms with E-state index in [1.54, 1.807) is 24.3 Å². The van der Waals surface area contributed by atoms with Crippen LogP contribution in [-0.4, -0.2) is 25.2 Å². The summed E-state index contributed by atoms with van der Waals surface area (Å²) in [6.07, 6.45) is 1.85. The van der Waals surface area contributed by atoms with Gasteiger partial charge in [0.05, 0.1) is 15.5 Å². The fourth-order valence-electron chi connectivity index (χ4n) is 3.21. The molecule has 2 aromatic carbocycles. The van der Waals surface area contributed by atoms with E-state index in [2.05, 4.69) is 15.9 Å². The van der Waals surface area contributed by atoms with Crippen LogP contribution in [0.1, 0.15) is 16.1 Å². The van der Waals surface area contributed by atoms with Gasteiger partial charge in [-0.25, -0.2) is 0 Å². The number of rotatable bonds is 5. The molecule has 0 amide bonds. The Morgan fingerprint density at radius 1 is 1.07 bits per heavy atom. The van der Waals surface area contributed by atoms with Gasteiger partial charge in [-0.2, -0.15) is 0 Å². The Morgan fingerprint density at radius 2 is 1.77 bits per heavy atom. The molecule has 0 atom stereocenters. The normalized spacial score (nSPS) is 11.0. The summed E-state index contributed by atoms with van der Waals surface area (Å²) in [5.74, 6) is 0.265. The lowest BCUT2D eigenvalue weighted by Gasteiger charge is -2.06. The molecule has 0 saturated heterocycles. The molecule has 2 heterocycles. The molecule has 0 unspecified atom stereocenters. The Hall–Kier alpha value is -2.12. The lowest BCUT2D eigenvalue weighted by Crippen LogP contribution is -2.06. The van der Waals surface area contributed by atoms with Crippen LogP contribution in [0.5, 0.6) is 5.75 Å². The van der Waals surface area contributed by atoms with Crippen molar-refractivity contribution in [3.8, 4) is 16.9 Å². The van der Waals surface area contributed by atoms with Gasteiger partial charge in [-0.3, -0.25) is 4.79 Å². The first-order valence-corrected chi connectivity index (χ1v) is 11.6. The van der Waals surface area contributed by atoms with E-state index >= 15 is 0 Å². The maximum Gasteiger partial charge on any atom is 0.173 e. The third-order valence-electron chi connectivity index (χ3n) is 4.64. The molecular formula is C23H15BrClNO2S2. The van der Waals surface area contributed by atoms with E-state index < -0.39 is 0 Å². The number of aromatic hydroxyl groups is 1. The van der Waals surface area contributed by atoms with E-state index in [9.17, 15) is 9.90 Å². The zero-order valence-corrected chi connectivity index (χ0v) is 19.5. The summed E-state index contributed by atoms with van der Waals surface area (Å²) in [6, 6.07) is 20.2. The number of thioether (sulfide) groups is 1. The van der Waals surface area contributed by atoms with Gasteiger partial charge in [-0.1, -0.05) is 70.1 Å². The smallest absolute Gasteiger partial charge is 0.173 e. The highest BCUT2D eigenvalue weighted by Gasteiger charge is 2.22. The number of fused-ring (bicyclic) bond motifs is 1. The number of pyridine rings is 1. The standard InChI is InChI=1S/C23H15BrClNO2S2/c24-16-8-4-14(5-9-16)19(27)13-30-23(29)21-22(28)20(15-6-10-17(25)11-7-15)18-3-1-2-12-26(18)21/h1-12,28H,13H2. The second kappa shape index (κ2) is 8.94. The first-order chi connectivity index (χ1) is 14.5. The topological polar surface area (TPSA) is 41.7 Å². The lowest BCUT2D eigenvalue weighted by atomic mass is 10.1. The summed E-state index contributed by atoms with van der Waals surface area (Å²) in [7, 11) is 0. The maximum absolute atomic E-state index is 12.5. The predicted molar refractivity (Wildman–Crippen MR) is 132 cm³/mol. The van der Waals surface area contributed by atoms with Crippen molar-refractivity contribution in [3.63, 3.8) is 0 Å². The van der Waals surface area contributed by atoms with E-state index in [1.807, 2.05) is 53.1 Å². The summed E-state index contributed by atoms with van der Waals surface area (Å²) in [6.45, 7) is 0. The fourth-order valence-corrected chi connectivity index (χ4v) is 4.73. The van der Waals surface area contributed by atoms with Crippen molar-refractivity contribution < 1.29 is 9.90 Å². The summed E-state index contributed by atoms with van der Waals surface area (Å²) >= 11 is 16.2. The number of aromatic nitrogens is 1. The monoisotopic (exact) mass is 515 g/mol. The number of hydrogen-bond donors (Lipinski definition) is 1. The Bertz CT molecular complexity index is 1250. The lowest BCUT2D eigenvalue weighted by molar-refractivity contribution is 0.102. The average molecular weight is 517 g/mol. The van der Waals surface area contributed by atoms with E-state index in [-0.39, 0.29) is 17.3 Å². The molecule has 4 rings (SSSR count). The molecule has 4 aromatic rings. The number of nitrogens with zero attached hydrogens (tertiary/aromatic N) is 1. The van der Waals surface area contributed by atoms with Gasteiger partial charge in [0.25, 0.3) is 0 Å². The molecule has 0 aliphatic rings. The number of hydrogen-bond acceptors (Lipinski definition) is 4. The molecule has 150 valence electrons. The molecule has 0 bridgehead atoms. The molecule has 0 aliphatic carbocycles. The molecule has 0 spiro atoms. The van der Waals surface area contributed by atoms with Crippen LogP contribution in [-0.2, 0) is 0 Å². The first kappa shape index (κ1) is 21.1. The molecule has 0 saturated carbocycles. The van der Waals surface area contributed by atoms with Crippen LogP contribution in [0.15, 0.2) is 77.4 Å². The summed E-state index contributed by atoms with van der Waals surface area (Å²) in [5.41, 5.74) is 3.49. The van der Waals surface area contributed by atoms with Crippen molar-refractivity contribution in [1.29, 1.82) is 0 Å². The SMILES string of the molecule is O=C(CSC(=S)c1c(O)c(-c2ccc(Cl)cc2)c2ccccn12)c1ccc(Br)cc1. The van der Waals surface area contributed by atoms with Crippen molar-refractivity contribution >= 4 is 67.0 Å². The molecule has 0 aliphatic heterocycles. The summed E-state index contributed by atoms with van der Waals surface area (Å²) in [5, 5.41) is 11.7.